The Labute approximate surface area is 104 Å². The third-order valence-corrected chi connectivity index (χ3v) is 2.83. The molecule has 2 rings (SSSR count). The largest absolute Gasteiger partial charge is 0.336 e. The fourth-order valence-corrected chi connectivity index (χ4v) is 1.79. The Kier molecular flexibility index (Phi) is 4.04. The van der Waals surface area contributed by atoms with E-state index < -0.39 is 11.6 Å². The van der Waals surface area contributed by atoms with Crippen LogP contribution in [-0.4, -0.2) is 16.1 Å². The molecule has 0 aliphatic heterocycles. The van der Waals surface area contributed by atoms with Gasteiger partial charge in [-0.25, -0.2) is 13.8 Å². The van der Waals surface area contributed by atoms with E-state index in [1.165, 1.54) is 6.07 Å². The van der Waals surface area contributed by atoms with Gasteiger partial charge in [0.2, 0.25) is 0 Å². The molecule has 0 radical (unpaired) electrons. The van der Waals surface area contributed by atoms with Crippen LogP contribution in [0.2, 0.25) is 0 Å². The fourth-order valence-electron chi connectivity index (χ4n) is 1.79. The summed E-state index contributed by atoms with van der Waals surface area (Å²) in [6.45, 7) is 3.21. The zero-order valence-electron chi connectivity index (χ0n) is 10.1. The number of imidazole rings is 1. The molecule has 0 spiro atoms. The summed E-state index contributed by atoms with van der Waals surface area (Å²) >= 11 is 0. The van der Waals surface area contributed by atoms with Gasteiger partial charge in [-0.1, -0.05) is 12.1 Å². The maximum atomic E-state index is 13.5. The number of rotatable bonds is 5. The van der Waals surface area contributed by atoms with E-state index >= 15 is 0 Å². The molecule has 0 unspecified atom stereocenters. The molecule has 0 aliphatic carbocycles. The van der Waals surface area contributed by atoms with E-state index in [1.54, 1.807) is 18.6 Å². The molecule has 0 amide bonds. The molecule has 0 saturated carbocycles. The minimum absolute atomic E-state index is 0.232. The molecule has 1 atom stereocenters. The SMILES string of the molecule is C[C@@H](NCCn1ccnc1)c1cccc(F)c1F. The van der Waals surface area contributed by atoms with Crippen molar-refractivity contribution in [3.8, 4) is 0 Å². The normalized spacial score (nSPS) is 12.6. The van der Waals surface area contributed by atoms with Gasteiger partial charge in [0.05, 0.1) is 6.33 Å². The second-order valence-electron chi connectivity index (χ2n) is 4.12. The van der Waals surface area contributed by atoms with Crippen LogP contribution in [0.5, 0.6) is 0 Å². The first kappa shape index (κ1) is 12.7. The zero-order chi connectivity index (χ0) is 13.0. The fraction of sp³-hybridized carbons (Fsp3) is 0.308. The lowest BCUT2D eigenvalue weighted by Gasteiger charge is -2.15. The highest BCUT2D eigenvalue weighted by Crippen LogP contribution is 2.18. The zero-order valence-corrected chi connectivity index (χ0v) is 10.1. The van der Waals surface area contributed by atoms with E-state index in [2.05, 4.69) is 10.3 Å². The molecule has 0 bridgehead atoms. The van der Waals surface area contributed by atoms with Crippen LogP contribution in [0.3, 0.4) is 0 Å². The van der Waals surface area contributed by atoms with E-state index in [0.29, 0.717) is 12.1 Å². The molecule has 5 heteroatoms. The monoisotopic (exact) mass is 251 g/mol. The Morgan fingerprint density at radius 3 is 2.94 bits per heavy atom. The van der Waals surface area contributed by atoms with Crippen molar-refractivity contribution in [2.45, 2.75) is 19.5 Å². The van der Waals surface area contributed by atoms with Gasteiger partial charge in [-0.05, 0) is 13.0 Å². The first-order chi connectivity index (χ1) is 8.68. The summed E-state index contributed by atoms with van der Waals surface area (Å²) in [4.78, 5) is 3.93. The molecule has 18 heavy (non-hydrogen) atoms. The van der Waals surface area contributed by atoms with Gasteiger partial charge >= 0.3 is 0 Å². The van der Waals surface area contributed by atoms with E-state index in [-0.39, 0.29) is 6.04 Å². The van der Waals surface area contributed by atoms with Crippen molar-refractivity contribution in [1.82, 2.24) is 14.9 Å². The highest BCUT2D eigenvalue weighted by Gasteiger charge is 2.13. The third-order valence-electron chi connectivity index (χ3n) is 2.83. The average molecular weight is 251 g/mol. The smallest absolute Gasteiger partial charge is 0.163 e. The van der Waals surface area contributed by atoms with Gasteiger partial charge in [-0.3, -0.25) is 0 Å². The number of hydrogen-bond acceptors (Lipinski definition) is 2. The van der Waals surface area contributed by atoms with Crippen molar-refractivity contribution < 1.29 is 8.78 Å². The summed E-state index contributed by atoms with van der Waals surface area (Å²) < 4.78 is 28.5. The van der Waals surface area contributed by atoms with Gasteiger partial charge < -0.3 is 9.88 Å². The molecule has 2 aromatic rings. The Hall–Kier alpha value is -1.75. The minimum atomic E-state index is -0.809. The van der Waals surface area contributed by atoms with Crippen molar-refractivity contribution in [2.24, 2.45) is 0 Å². The van der Waals surface area contributed by atoms with Crippen LogP contribution < -0.4 is 5.32 Å². The quantitative estimate of drug-likeness (QED) is 0.885. The Balaban J connectivity index is 1.91. The van der Waals surface area contributed by atoms with Crippen molar-refractivity contribution in [1.29, 1.82) is 0 Å². The Morgan fingerprint density at radius 2 is 2.22 bits per heavy atom. The number of nitrogens with one attached hydrogen (secondary N) is 1. The first-order valence-electron chi connectivity index (χ1n) is 5.81. The second kappa shape index (κ2) is 5.73. The average Bonchev–Trinajstić information content (AvgIpc) is 2.85. The molecule has 1 N–H and O–H groups in total. The molecule has 1 aromatic heterocycles. The van der Waals surface area contributed by atoms with E-state index in [0.717, 1.165) is 12.6 Å². The molecular formula is C13H15F2N3. The maximum Gasteiger partial charge on any atom is 0.163 e. The summed E-state index contributed by atoms with van der Waals surface area (Å²) in [6, 6.07) is 4.00. The molecule has 0 aliphatic rings. The highest BCUT2D eigenvalue weighted by atomic mass is 19.2. The summed E-state index contributed by atoms with van der Waals surface area (Å²) in [5.41, 5.74) is 0.348. The highest BCUT2D eigenvalue weighted by molar-refractivity contribution is 5.21. The predicted molar refractivity (Wildman–Crippen MR) is 65.0 cm³/mol. The van der Waals surface area contributed by atoms with E-state index in [1.807, 2.05) is 17.7 Å². The van der Waals surface area contributed by atoms with Gasteiger partial charge in [0.25, 0.3) is 0 Å². The lowest BCUT2D eigenvalue weighted by Crippen LogP contribution is -2.24. The molecule has 96 valence electrons. The summed E-state index contributed by atoms with van der Waals surface area (Å²) in [7, 11) is 0. The second-order valence-corrected chi connectivity index (χ2v) is 4.12. The van der Waals surface area contributed by atoms with Crippen molar-refractivity contribution >= 4 is 0 Å². The van der Waals surface area contributed by atoms with Crippen molar-refractivity contribution in [3.63, 3.8) is 0 Å². The summed E-state index contributed by atoms with van der Waals surface area (Å²) in [6.07, 6.45) is 5.28. The molecule has 0 saturated heterocycles. The number of hydrogen-bond donors (Lipinski definition) is 1. The molecule has 3 nitrogen and oxygen atoms in total. The van der Waals surface area contributed by atoms with Crippen LogP contribution in [0, 0.1) is 11.6 Å². The molecule has 1 heterocycles. The third kappa shape index (κ3) is 2.92. The van der Waals surface area contributed by atoms with Gasteiger partial charge in [-0.2, -0.15) is 0 Å². The standard InChI is InChI=1S/C13H15F2N3/c1-10(11-3-2-4-12(14)13(11)15)17-6-8-18-7-5-16-9-18/h2-5,7,9-10,17H,6,8H2,1H3/t10-/m1/s1. The van der Waals surface area contributed by atoms with Crippen molar-refractivity contribution in [2.75, 3.05) is 6.54 Å². The lowest BCUT2D eigenvalue weighted by atomic mass is 10.1. The number of halogens is 2. The molecule has 1 aromatic carbocycles. The van der Waals surface area contributed by atoms with Crippen LogP contribution in [0.1, 0.15) is 18.5 Å². The van der Waals surface area contributed by atoms with Gasteiger partial charge in [-0.15, -0.1) is 0 Å². The lowest BCUT2D eigenvalue weighted by molar-refractivity contribution is 0.466. The van der Waals surface area contributed by atoms with Crippen molar-refractivity contribution in [3.05, 3.63) is 54.1 Å². The summed E-state index contributed by atoms with van der Waals surface area (Å²) in [5, 5.41) is 3.15. The van der Waals surface area contributed by atoms with Crippen LogP contribution in [0.25, 0.3) is 0 Å². The summed E-state index contributed by atoms with van der Waals surface area (Å²) in [5.74, 6) is -1.59. The topological polar surface area (TPSA) is 29.9 Å². The maximum absolute atomic E-state index is 13.5. The molecular weight excluding hydrogens is 236 g/mol. The molecule has 0 fully saturated rings. The van der Waals surface area contributed by atoms with Crippen LogP contribution in [0.15, 0.2) is 36.9 Å². The van der Waals surface area contributed by atoms with Gasteiger partial charge in [0.1, 0.15) is 0 Å². The number of benzene rings is 1. The van der Waals surface area contributed by atoms with Gasteiger partial charge in [0.15, 0.2) is 11.6 Å². The Bertz CT molecular complexity index is 497. The first-order valence-corrected chi connectivity index (χ1v) is 5.81. The number of aromatic nitrogens is 2. The van der Waals surface area contributed by atoms with E-state index in [4.69, 9.17) is 0 Å². The Morgan fingerprint density at radius 1 is 1.39 bits per heavy atom. The van der Waals surface area contributed by atoms with Crippen LogP contribution in [-0.2, 0) is 6.54 Å². The number of nitrogens with zero attached hydrogens (tertiary/aromatic N) is 2. The van der Waals surface area contributed by atoms with Crippen LogP contribution >= 0.6 is 0 Å². The minimum Gasteiger partial charge on any atom is -0.336 e. The predicted octanol–water partition coefficient (Wildman–Crippen LogP) is 2.51. The van der Waals surface area contributed by atoms with Gasteiger partial charge in [0, 0.05) is 37.1 Å². The van der Waals surface area contributed by atoms with E-state index in [9.17, 15) is 8.78 Å². The van der Waals surface area contributed by atoms with Crippen LogP contribution in [0.4, 0.5) is 8.78 Å².